The lowest BCUT2D eigenvalue weighted by atomic mass is 10.1. The fourth-order valence-corrected chi connectivity index (χ4v) is 2.74. The first-order valence-electron chi connectivity index (χ1n) is 7.80. The first kappa shape index (κ1) is 17.9. The Morgan fingerprint density at radius 3 is 2.77 bits per heavy atom. The zero-order valence-corrected chi connectivity index (χ0v) is 15.6. The van der Waals surface area contributed by atoms with Gasteiger partial charge < -0.3 is 14.8 Å². The molecule has 0 radical (unpaired) electrons. The summed E-state index contributed by atoms with van der Waals surface area (Å²) in [5.74, 6) is -0.0150. The van der Waals surface area contributed by atoms with Gasteiger partial charge in [-0.1, -0.05) is 28.6 Å². The number of hydrogen-bond acceptors (Lipinski definition) is 4. The van der Waals surface area contributed by atoms with Crippen LogP contribution >= 0.6 is 15.9 Å². The average Bonchev–Trinajstić information content (AvgIpc) is 2.93. The molecule has 3 rings (SSSR count). The minimum Gasteiger partial charge on any atom is -0.493 e. The molecule has 7 heteroatoms. The summed E-state index contributed by atoms with van der Waals surface area (Å²) in [5, 5.41) is 18.4. The zero-order chi connectivity index (χ0) is 18.7. The third-order valence-corrected chi connectivity index (χ3v) is 4.60. The van der Waals surface area contributed by atoms with Gasteiger partial charge in [0.05, 0.1) is 5.52 Å². The van der Waals surface area contributed by atoms with Gasteiger partial charge in [-0.05, 0) is 48.9 Å². The number of azo groups is 1. The number of hydrogen-bond donors (Lipinski definition) is 2. The number of carbonyl (C=O) groups is 1. The van der Waals surface area contributed by atoms with Crippen LogP contribution in [0, 0.1) is 6.92 Å². The molecule has 2 N–H and O–H groups in total. The molecule has 0 aliphatic carbocycles. The van der Waals surface area contributed by atoms with Crippen molar-refractivity contribution in [3.05, 3.63) is 64.7 Å². The van der Waals surface area contributed by atoms with E-state index < -0.39 is 5.91 Å². The zero-order valence-electron chi connectivity index (χ0n) is 14.0. The van der Waals surface area contributed by atoms with Crippen molar-refractivity contribution >= 4 is 38.4 Å². The predicted octanol–water partition coefficient (Wildman–Crippen LogP) is 5.43. The summed E-state index contributed by atoms with van der Waals surface area (Å²) in [6, 6.07) is 10.3. The van der Waals surface area contributed by atoms with E-state index in [4.69, 9.17) is 4.74 Å². The van der Waals surface area contributed by atoms with Crippen LogP contribution in [0.1, 0.15) is 15.9 Å². The summed E-state index contributed by atoms with van der Waals surface area (Å²) in [6.45, 7) is 5.89. The van der Waals surface area contributed by atoms with Crippen molar-refractivity contribution in [3.63, 3.8) is 0 Å². The van der Waals surface area contributed by atoms with E-state index in [0.717, 1.165) is 10.0 Å². The molecule has 0 fully saturated rings. The highest BCUT2D eigenvalue weighted by atomic mass is 79.9. The number of carbonyl (C=O) groups excluding carboxylic acids is 1. The Morgan fingerprint density at radius 1 is 1.35 bits per heavy atom. The minimum absolute atomic E-state index is 0.137. The monoisotopic (exact) mass is 413 g/mol. The molecule has 132 valence electrons. The van der Waals surface area contributed by atoms with E-state index in [1.54, 1.807) is 30.3 Å². The number of rotatable bonds is 5. The Labute approximate surface area is 158 Å². The van der Waals surface area contributed by atoms with Crippen LogP contribution in [-0.4, -0.2) is 22.6 Å². The van der Waals surface area contributed by atoms with Crippen LogP contribution in [0.3, 0.4) is 0 Å². The maximum atomic E-state index is 12.2. The molecule has 1 amide bonds. The minimum atomic E-state index is -0.511. The second-order valence-electron chi connectivity index (χ2n) is 5.60. The van der Waals surface area contributed by atoms with Gasteiger partial charge in [-0.15, -0.1) is 10.2 Å². The summed E-state index contributed by atoms with van der Waals surface area (Å²) < 4.78 is 6.28. The standard InChI is InChI=1S/C19H16BrN3O3/c1-3-8-26-13-6-4-12(5-7-13)18(24)23-22-17-14-9-11(2)15(20)10-16(14)21-19(17)25/h3-7,9-10,21,25H,1,8H2,2H3. The van der Waals surface area contributed by atoms with E-state index in [2.05, 4.69) is 37.7 Å². The fraction of sp³-hybridized carbons (Fsp3) is 0.105. The normalized spacial score (nSPS) is 11.2. The van der Waals surface area contributed by atoms with Crippen LogP contribution in [-0.2, 0) is 0 Å². The molecular formula is C19H16BrN3O3. The number of aromatic hydroxyl groups is 1. The molecule has 0 aliphatic rings. The van der Waals surface area contributed by atoms with Crippen LogP contribution in [0.25, 0.3) is 10.9 Å². The Morgan fingerprint density at radius 2 is 2.08 bits per heavy atom. The quantitative estimate of drug-likeness (QED) is 0.431. The average molecular weight is 414 g/mol. The summed E-state index contributed by atoms with van der Waals surface area (Å²) in [5.41, 5.74) is 2.28. The number of H-pyrrole nitrogens is 1. The third-order valence-electron chi connectivity index (χ3n) is 3.74. The Hall–Kier alpha value is -2.93. The van der Waals surface area contributed by atoms with Crippen molar-refractivity contribution in [3.8, 4) is 11.6 Å². The largest absolute Gasteiger partial charge is 0.493 e. The molecule has 6 nitrogen and oxygen atoms in total. The van der Waals surface area contributed by atoms with Gasteiger partial charge in [0, 0.05) is 15.4 Å². The number of fused-ring (bicyclic) bond motifs is 1. The second-order valence-corrected chi connectivity index (χ2v) is 6.45. The molecule has 0 unspecified atom stereocenters. The van der Waals surface area contributed by atoms with Gasteiger partial charge in [-0.25, -0.2) is 0 Å². The van der Waals surface area contributed by atoms with Crippen molar-refractivity contribution in [1.82, 2.24) is 4.98 Å². The number of aromatic nitrogens is 1. The van der Waals surface area contributed by atoms with Crippen LogP contribution in [0.4, 0.5) is 5.69 Å². The molecule has 0 spiro atoms. The SMILES string of the molecule is C=CCOc1ccc(C(=O)N=Nc2c(O)[nH]c3cc(Br)c(C)cc23)cc1. The van der Waals surface area contributed by atoms with Gasteiger partial charge in [-0.2, -0.15) is 0 Å². The Kier molecular flexibility index (Phi) is 5.18. The number of ether oxygens (including phenoxy) is 1. The fourth-order valence-electron chi connectivity index (χ4n) is 2.40. The molecule has 2 aromatic carbocycles. The maximum Gasteiger partial charge on any atom is 0.295 e. The van der Waals surface area contributed by atoms with Crippen molar-refractivity contribution in [2.24, 2.45) is 10.2 Å². The molecule has 26 heavy (non-hydrogen) atoms. The predicted molar refractivity (Wildman–Crippen MR) is 103 cm³/mol. The van der Waals surface area contributed by atoms with Gasteiger partial charge in [0.1, 0.15) is 12.4 Å². The lowest BCUT2D eigenvalue weighted by Gasteiger charge is -2.02. The van der Waals surface area contributed by atoms with Crippen molar-refractivity contribution in [1.29, 1.82) is 0 Å². The number of nitrogens with zero attached hydrogens (tertiary/aromatic N) is 2. The van der Waals surface area contributed by atoms with E-state index in [1.807, 2.05) is 19.1 Å². The number of aryl methyl sites for hydroxylation is 1. The highest BCUT2D eigenvalue weighted by molar-refractivity contribution is 9.10. The third kappa shape index (κ3) is 3.67. The van der Waals surface area contributed by atoms with Gasteiger partial charge in [0.2, 0.25) is 5.88 Å². The summed E-state index contributed by atoms with van der Waals surface area (Å²) in [6.07, 6.45) is 1.64. The number of halogens is 1. The van der Waals surface area contributed by atoms with Crippen molar-refractivity contribution < 1.29 is 14.6 Å². The van der Waals surface area contributed by atoms with Gasteiger partial charge >= 0.3 is 0 Å². The number of benzene rings is 2. The highest BCUT2D eigenvalue weighted by Gasteiger charge is 2.13. The lowest BCUT2D eigenvalue weighted by molar-refractivity contribution is 0.0995. The van der Waals surface area contributed by atoms with E-state index in [1.165, 1.54) is 0 Å². The molecule has 0 bridgehead atoms. The molecule has 0 atom stereocenters. The van der Waals surface area contributed by atoms with Crippen LogP contribution in [0.5, 0.6) is 11.6 Å². The highest BCUT2D eigenvalue weighted by Crippen LogP contribution is 2.37. The van der Waals surface area contributed by atoms with E-state index in [-0.39, 0.29) is 11.6 Å². The first-order chi connectivity index (χ1) is 12.5. The topological polar surface area (TPSA) is 87.0 Å². The molecule has 1 aromatic heterocycles. The molecule has 3 aromatic rings. The van der Waals surface area contributed by atoms with Crippen LogP contribution in [0.15, 0.2) is 63.8 Å². The van der Waals surface area contributed by atoms with Gasteiger partial charge in [0.25, 0.3) is 5.91 Å². The van der Waals surface area contributed by atoms with Crippen LogP contribution in [0.2, 0.25) is 0 Å². The first-order valence-corrected chi connectivity index (χ1v) is 8.59. The lowest BCUT2D eigenvalue weighted by Crippen LogP contribution is -1.96. The molecule has 0 saturated heterocycles. The van der Waals surface area contributed by atoms with Gasteiger partial charge in [-0.3, -0.25) is 4.79 Å². The Balaban J connectivity index is 1.84. The summed E-state index contributed by atoms with van der Waals surface area (Å²) >= 11 is 3.44. The van der Waals surface area contributed by atoms with Crippen LogP contribution < -0.4 is 4.74 Å². The molecular weight excluding hydrogens is 398 g/mol. The molecule has 0 aliphatic heterocycles. The van der Waals surface area contributed by atoms with E-state index >= 15 is 0 Å². The van der Waals surface area contributed by atoms with E-state index in [9.17, 15) is 9.90 Å². The smallest absolute Gasteiger partial charge is 0.295 e. The molecule has 1 heterocycles. The van der Waals surface area contributed by atoms with E-state index in [0.29, 0.717) is 28.8 Å². The van der Waals surface area contributed by atoms with Crippen molar-refractivity contribution in [2.75, 3.05) is 6.61 Å². The number of aromatic amines is 1. The maximum absolute atomic E-state index is 12.2. The molecule has 0 saturated carbocycles. The number of amides is 1. The number of nitrogens with one attached hydrogen (secondary N) is 1. The van der Waals surface area contributed by atoms with Gasteiger partial charge in [0.15, 0.2) is 5.69 Å². The summed E-state index contributed by atoms with van der Waals surface area (Å²) in [4.78, 5) is 15.0. The second kappa shape index (κ2) is 7.53. The Bertz CT molecular complexity index is 1010. The van der Waals surface area contributed by atoms with Crippen molar-refractivity contribution in [2.45, 2.75) is 6.92 Å². The summed E-state index contributed by atoms with van der Waals surface area (Å²) in [7, 11) is 0.